The number of hydrogen-bond acceptors (Lipinski definition) is 3. The van der Waals surface area contributed by atoms with Gasteiger partial charge in [-0.25, -0.2) is 4.39 Å². The van der Waals surface area contributed by atoms with Crippen LogP contribution >= 0.6 is 11.3 Å². The zero-order valence-corrected chi connectivity index (χ0v) is 10.3. The molecular formula is C13H14FNOS. The average molecular weight is 251 g/mol. The number of hydrogen-bond donors (Lipinski definition) is 1. The standard InChI is InChI=1S/C13H14FNOS/c1-9(15)11-5-2-6-12(14)13(11)16-8-10-4-3-7-17-10/h2-7,9H,8,15H2,1H3. The van der Waals surface area contributed by atoms with Crippen LogP contribution < -0.4 is 10.5 Å². The maximum absolute atomic E-state index is 13.7. The Kier molecular flexibility index (Phi) is 3.76. The summed E-state index contributed by atoms with van der Waals surface area (Å²) in [5, 5.41) is 1.96. The van der Waals surface area contributed by atoms with Crippen molar-refractivity contribution in [3.05, 3.63) is 52.0 Å². The Morgan fingerprint density at radius 3 is 2.82 bits per heavy atom. The van der Waals surface area contributed by atoms with E-state index in [0.717, 1.165) is 4.88 Å². The van der Waals surface area contributed by atoms with Crippen molar-refractivity contribution in [3.63, 3.8) is 0 Å². The summed E-state index contributed by atoms with van der Waals surface area (Å²) in [6.45, 7) is 2.19. The lowest BCUT2D eigenvalue weighted by Gasteiger charge is -2.14. The maximum atomic E-state index is 13.7. The molecule has 1 aromatic carbocycles. The molecule has 2 rings (SSSR count). The van der Waals surface area contributed by atoms with Crippen molar-refractivity contribution in [2.45, 2.75) is 19.6 Å². The largest absolute Gasteiger partial charge is 0.485 e. The Bertz CT molecular complexity index is 482. The van der Waals surface area contributed by atoms with Gasteiger partial charge in [0.15, 0.2) is 11.6 Å². The zero-order chi connectivity index (χ0) is 12.3. The van der Waals surface area contributed by atoms with Gasteiger partial charge in [0.05, 0.1) is 0 Å². The molecule has 4 heteroatoms. The van der Waals surface area contributed by atoms with Gasteiger partial charge in [0.1, 0.15) is 6.61 Å². The van der Waals surface area contributed by atoms with Gasteiger partial charge < -0.3 is 10.5 Å². The van der Waals surface area contributed by atoms with Crippen LogP contribution in [0.25, 0.3) is 0 Å². The molecule has 0 aliphatic carbocycles. The number of nitrogens with two attached hydrogens (primary N) is 1. The molecule has 2 nitrogen and oxygen atoms in total. The van der Waals surface area contributed by atoms with Gasteiger partial charge in [-0.15, -0.1) is 11.3 Å². The second-order valence-electron chi connectivity index (χ2n) is 3.81. The summed E-state index contributed by atoms with van der Waals surface area (Å²) < 4.78 is 19.2. The Labute approximate surface area is 104 Å². The third kappa shape index (κ3) is 2.84. The third-order valence-corrected chi connectivity index (χ3v) is 3.28. The summed E-state index contributed by atoms with van der Waals surface area (Å²) in [7, 11) is 0. The highest BCUT2D eigenvalue weighted by molar-refractivity contribution is 7.09. The zero-order valence-electron chi connectivity index (χ0n) is 9.52. The Morgan fingerprint density at radius 2 is 2.18 bits per heavy atom. The van der Waals surface area contributed by atoms with E-state index in [1.807, 2.05) is 24.4 Å². The first kappa shape index (κ1) is 12.1. The molecule has 0 aliphatic rings. The molecule has 2 aromatic rings. The third-order valence-electron chi connectivity index (χ3n) is 2.43. The van der Waals surface area contributed by atoms with E-state index < -0.39 is 0 Å². The molecule has 0 amide bonds. The first-order chi connectivity index (χ1) is 8.18. The molecule has 0 radical (unpaired) electrons. The number of rotatable bonds is 4. The molecule has 2 N–H and O–H groups in total. The normalized spacial score (nSPS) is 12.4. The fourth-order valence-corrected chi connectivity index (χ4v) is 2.19. The summed E-state index contributed by atoms with van der Waals surface area (Å²) in [4.78, 5) is 1.06. The van der Waals surface area contributed by atoms with Crippen molar-refractivity contribution in [3.8, 4) is 5.75 Å². The van der Waals surface area contributed by atoms with Crippen LogP contribution in [0.2, 0.25) is 0 Å². The van der Waals surface area contributed by atoms with Crippen LogP contribution in [0.3, 0.4) is 0 Å². The van der Waals surface area contributed by atoms with Gasteiger partial charge in [-0.3, -0.25) is 0 Å². The van der Waals surface area contributed by atoms with E-state index in [1.165, 1.54) is 6.07 Å². The van der Waals surface area contributed by atoms with Gasteiger partial charge in [0.2, 0.25) is 0 Å². The predicted molar refractivity (Wildman–Crippen MR) is 67.7 cm³/mol. The number of benzene rings is 1. The number of thiophene rings is 1. The molecular weight excluding hydrogens is 237 g/mol. The molecule has 0 saturated carbocycles. The van der Waals surface area contributed by atoms with Crippen LogP contribution in [0.5, 0.6) is 5.75 Å². The molecule has 90 valence electrons. The van der Waals surface area contributed by atoms with E-state index in [4.69, 9.17) is 10.5 Å². The van der Waals surface area contributed by atoms with Crippen LogP contribution in [0.1, 0.15) is 23.4 Å². The average Bonchev–Trinajstić information content (AvgIpc) is 2.80. The molecule has 0 aliphatic heterocycles. The van der Waals surface area contributed by atoms with E-state index in [9.17, 15) is 4.39 Å². The maximum Gasteiger partial charge on any atom is 0.165 e. The number of ether oxygens (including phenoxy) is 1. The van der Waals surface area contributed by atoms with Gasteiger partial charge >= 0.3 is 0 Å². The summed E-state index contributed by atoms with van der Waals surface area (Å²) in [5.41, 5.74) is 6.48. The minimum absolute atomic E-state index is 0.246. The van der Waals surface area contributed by atoms with Crippen molar-refractivity contribution in [1.82, 2.24) is 0 Å². The molecule has 1 aromatic heterocycles. The lowest BCUT2D eigenvalue weighted by molar-refractivity contribution is 0.288. The predicted octanol–water partition coefficient (Wildman–Crippen LogP) is 3.49. The van der Waals surface area contributed by atoms with Crippen molar-refractivity contribution in [1.29, 1.82) is 0 Å². The van der Waals surface area contributed by atoms with Crippen molar-refractivity contribution in [2.75, 3.05) is 0 Å². The van der Waals surface area contributed by atoms with Gasteiger partial charge in [-0.05, 0) is 24.4 Å². The summed E-state index contributed by atoms with van der Waals surface area (Å²) in [6, 6.07) is 8.47. The smallest absolute Gasteiger partial charge is 0.165 e. The Balaban J connectivity index is 2.19. The monoisotopic (exact) mass is 251 g/mol. The highest BCUT2D eigenvalue weighted by Crippen LogP contribution is 2.28. The van der Waals surface area contributed by atoms with Gasteiger partial charge in [-0.1, -0.05) is 18.2 Å². The summed E-state index contributed by atoms with van der Waals surface area (Å²) in [5.74, 6) is -0.104. The quantitative estimate of drug-likeness (QED) is 0.902. The SMILES string of the molecule is CC(N)c1cccc(F)c1OCc1cccs1. The Hall–Kier alpha value is -1.39. The molecule has 17 heavy (non-hydrogen) atoms. The van der Waals surface area contributed by atoms with Crippen molar-refractivity contribution in [2.24, 2.45) is 5.73 Å². The van der Waals surface area contributed by atoms with Crippen LogP contribution in [-0.4, -0.2) is 0 Å². The lowest BCUT2D eigenvalue weighted by atomic mass is 10.1. The van der Waals surface area contributed by atoms with Crippen LogP contribution in [-0.2, 0) is 6.61 Å². The van der Waals surface area contributed by atoms with Gasteiger partial charge in [-0.2, -0.15) is 0 Å². The minimum atomic E-state index is -0.364. The second-order valence-corrected chi connectivity index (χ2v) is 4.85. The molecule has 0 saturated heterocycles. The van der Waals surface area contributed by atoms with Crippen molar-refractivity contribution >= 4 is 11.3 Å². The highest BCUT2D eigenvalue weighted by atomic mass is 32.1. The first-order valence-corrected chi connectivity index (χ1v) is 6.25. The number of halogens is 1. The van der Waals surface area contributed by atoms with Gasteiger partial charge in [0, 0.05) is 16.5 Å². The van der Waals surface area contributed by atoms with E-state index in [0.29, 0.717) is 12.2 Å². The molecule has 1 heterocycles. The molecule has 1 unspecified atom stereocenters. The fraction of sp³-hybridized carbons (Fsp3) is 0.231. The Morgan fingerprint density at radius 1 is 1.35 bits per heavy atom. The summed E-state index contributed by atoms with van der Waals surface area (Å²) >= 11 is 1.58. The van der Waals surface area contributed by atoms with E-state index in [-0.39, 0.29) is 17.6 Å². The number of para-hydroxylation sites is 1. The lowest BCUT2D eigenvalue weighted by Crippen LogP contribution is -2.09. The minimum Gasteiger partial charge on any atom is -0.485 e. The van der Waals surface area contributed by atoms with E-state index >= 15 is 0 Å². The highest BCUT2D eigenvalue weighted by Gasteiger charge is 2.13. The topological polar surface area (TPSA) is 35.2 Å². The second kappa shape index (κ2) is 5.29. The first-order valence-electron chi connectivity index (χ1n) is 5.37. The van der Waals surface area contributed by atoms with E-state index in [2.05, 4.69) is 0 Å². The van der Waals surface area contributed by atoms with Crippen LogP contribution in [0, 0.1) is 5.82 Å². The molecule has 1 atom stereocenters. The summed E-state index contributed by atoms with van der Waals surface area (Å²) in [6.07, 6.45) is 0. The fourth-order valence-electron chi connectivity index (χ4n) is 1.57. The van der Waals surface area contributed by atoms with Crippen LogP contribution in [0.15, 0.2) is 35.7 Å². The van der Waals surface area contributed by atoms with Gasteiger partial charge in [0.25, 0.3) is 0 Å². The van der Waals surface area contributed by atoms with Crippen LogP contribution in [0.4, 0.5) is 4.39 Å². The molecule has 0 bridgehead atoms. The van der Waals surface area contributed by atoms with Crippen molar-refractivity contribution < 1.29 is 9.13 Å². The molecule has 0 fully saturated rings. The molecule has 0 spiro atoms. The van der Waals surface area contributed by atoms with E-state index in [1.54, 1.807) is 23.5 Å².